The summed E-state index contributed by atoms with van der Waals surface area (Å²) < 4.78 is 25.5. The molecule has 0 spiro atoms. The first-order chi connectivity index (χ1) is 11.5. The van der Waals surface area contributed by atoms with Gasteiger partial charge in [-0.15, -0.1) is 0 Å². The maximum atomic E-state index is 14.1. The normalized spacial score (nSPS) is 10.8. The molecule has 2 aromatic carbocycles. The van der Waals surface area contributed by atoms with Gasteiger partial charge in [-0.3, -0.25) is 4.68 Å². The monoisotopic (exact) mass is 348 g/mol. The van der Waals surface area contributed by atoms with Crippen LogP contribution in [0, 0.1) is 5.82 Å². The first kappa shape index (κ1) is 16.3. The second-order valence-corrected chi connectivity index (χ2v) is 5.50. The fourth-order valence-electron chi connectivity index (χ4n) is 2.49. The number of halogens is 2. The van der Waals surface area contributed by atoms with E-state index in [9.17, 15) is 9.18 Å². The van der Waals surface area contributed by atoms with E-state index >= 15 is 0 Å². The number of hydrogen-bond donors (Lipinski definition) is 0. The highest BCUT2D eigenvalue weighted by molar-refractivity contribution is 6.35. The SMILES string of the molecule is COC(=O)c1c(Cl)c(F)cc2c1cnn2Cc1ccc(OC)cc1. The Kier molecular flexibility index (Phi) is 4.40. The van der Waals surface area contributed by atoms with Crippen molar-refractivity contribution >= 4 is 28.5 Å². The summed E-state index contributed by atoms with van der Waals surface area (Å²) >= 11 is 5.92. The number of benzene rings is 2. The zero-order valence-corrected chi connectivity index (χ0v) is 13.8. The topological polar surface area (TPSA) is 53.3 Å². The van der Waals surface area contributed by atoms with Crippen LogP contribution in [0.15, 0.2) is 36.5 Å². The molecule has 24 heavy (non-hydrogen) atoms. The van der Waals surface area contributed by atoms with Gasteiger partial charge in [0.1, 0.15) is 11.6 Å². The predicted molar refractivity (Wildman–Crippen MR) is 88.1 cm³/mol. The third-order valence-corrected chi connectivity index (χ3v) is 4.09. The first-order valence-electron chi connectivity index (χ1n) is 7.10. The van der Waals surface area contributed by atoms with Crippen LogP contribution >= 0.6 is 11.6 Å². The molecule has 0 unspecified atom stereocenters. The van der Waals surface area contributed by atoms with Crippen LogP contribution in [-0.4, -0.2) is 30.0 Å². The molecule has 0 amide bonds. The summed E-state index contributed by atoms with van der Waals surface area (Å²) in [7, 11) is 2.81. The average Bonchev–Trinajstić information content (AvgIpc) is 2.98. The number of methoxy groups -OCH3 is 2. The van der Waals surface area contributed by atoms with Gasteiger partial charge in [0.2, 0.25) is 0 Å². The summed E-state index contributed by atoms with van der Waals surface area (Å²) in [6.07, 6.45) is 1.48. The van der Waals surface area contributed by atoms with E-state index in [4.69, 9.17) is 21.1 Å². The van der Waals surface area contributed by atoms with Crippen LogP contribution in [0.4, 0.5) is 4.39 Å². The van der Waals surface area contributed by atoms with E-state index in [1.807, 2.05) is 24.3 Å². The van der Waals surface area contributed by atoms with Crippen molar-refractivity contribution in [3.8, 4) is 5.75 Å². The number of ether oxygens (including phenoxy) is 2. The Morgan fingerprint density at radius 1 is 1.29 bits per heavy atom. The molecule has 0 bridgehead atoms. The third kappa shape index (κ3) is 2.80. The lowest BCUT2D eigenvalue weighted by molar-refractivity contribution is 0.0602. The lowest BCUT2D eigenvalue weighted by Gasteiger charge is -2.08. The van der Waals surface area contributed by atoms with Crippen LogP contribution in [0.3, 0.4) is 0 Å². The molecular formula is C17H14ClFN2O3. The van der Waals surface area contributed by atoms with Gasteiger partial charge in [-0.05, 0) is 17.7 Å². The summed E-state index contributed by atoms with van der Waals surface area (Å²) in [5.41, 5.74) is 1.40. The summed E-state index contributed by atoms with van der Waals surface area (Å²) in [4.78, 5) is 11.9. The second kappa shape index (κ2) is 6.49. The molecular weight excluding hydrogens is 335 g/mol. The minimum atomic E-state index is -0.700. The van der Waals surface area contributed by atoms with E-state index < -0.39 is 11.8 Å². The van der Waals surface area contributed by atoms with Gasteiger partial charge in [0, 0.05) is 11.5 Å². The van der Waals surface area contributed by atoms with Crippen molar-refractivity contribution < 1.29 is 18.7 Å². The Morgan fingerprint density at radius 3 is 2.62 bits per heavy atom. The number of hydrogen-bond acceptors (Lipinski definition) is 4. The van der Waals surface area contributed by atoms with Gasteiger partial charge >= 0.3 is 5.97 Å². The molecule has 0 aliphatic heterocycles. The van der Waals surface area contributed by atoms with Crippen molar-refractivity contribution in [2.45, 2.75) is 6.54 Å². The van der Waals surface area contributed by atoms with E-state index in [-0.39, 0.29) is 10.6 Å². The Bertz CT molecular complexity index is 906. The Morgan fingerprint density at radius 2 is 2.00 bits per heavy atom. The van der Waals surface area contributed by atoms with Crippen molar-refractivity contribution in [3.63, 3.8) is 0 Å². The van der Waals surface area contributed by atoms with Crippen molar-refractivity contribution in [2.24, 2.45) is 0 Å². The summed E-state index contributed by atoms with van der Waals surface area (Å²) in [5.74, 6) is -0.649. The number of fused-ring (bicyclic) bond motifs is 1. The highest BCUT2D eigenvalue weighted by Crippen LogP contribution is 2.30. The number of nitrogens with zero attached hydrogens (tertiary/aromatic N) is 2. The highest BCUT2D eigenvalue weighted by Gasteiger charge is 2.21. The van der Waals surface area contributed by atoms with Crippen LogP contribution < -0.4 is 4.74 Å². The molecule has 0 fully saturated rings. The zero-order valence-electron chi connectivity index (χ0n) is 13.0. The number of aromatic nitrogens is 2. The van der Waals surface area contributed by atoms with E-state index in [1.165, 1.54) is 19.4 Å². The molecule has 0 N–H and O–H groups in total. The van der Waals surface area contributed by atoms with Gasteiger partial charge in [-0.25, -0.2) is 9.18 Å². The average molecular weight is 349 g/mol. The number of esters is 1. The predicted octanol–water partition coefficient (Wildman–Crippen LogP) is 3.67. The Balaban J connectivity index is 2.06. The highest BCUT2D eigenvalue weighted by atomic mass is 35.5. The molecule has 0 saturated carbocycles. The van der Waals surface area contributed by atoms with Crippen LogP contribution in [0.5, 0.6) is 5.75 Å². The molecule has 124 valence electrons. The van der Waals surface area contributed by atoms with Gasteiger partial charge in [0.15, 0.2) is 0 Å². The number of carbonyl (C=O) groups excluding carboxylic acids is 1. The largest absolute Gasteiger partial charge is 0.497 e. The molecule has 0 atom stereocenters. The van der Waals surface area contributed by atoms with E-state index in [0.717, 1.165) is 11.3 Å². The number of rotatable bonds is 4. The molecule has 1 heterocycles. The minimum Gasteiger partial charge on any atom is -0.497 e. The maximum Gasteiger partial charge on any atom is 0.340 e. The van der Waals surface area contributed by atoms with Crippen LogP contribution in [-0.2, 0) is 11.3 Å². The van der Waals surface area contributed by atoms with Crippen molar-refractivity contribution in [3.05, 3.63) is 58.5 Å². The van der Waals surface area contributed by atoms with Crippen LogP contribution in [0.25, 0.3) is 10.9 Å². The standard InChI is InChI=1S/C17H14ClFN2O3/c1-23-11-5-3-10(4-6-11)9-21-14-7-13(19)16(18)15(17(22)24-2)12(14)8-20-21/h3-8H,9H2,1-2H3. The van der Waals surface area contributed by atoms with Gasteiger partial charge in [0.05, 0.1) is 43.1 Å². The van der Waals surface area contributed by atoms with Crippen LogP contribution in [0.1, 0.15) is 15.9 Å². The lowest BCUT2D eigenvalue weighted by atomic mass is 10.1. The zero-order chi connectivity index (χ0) is 17.3. The Hall–Kier alpha value is -2.60. The fraction of sp³-hybridized carbons (Fsp3) is 0.176. The summed E-state index contributed by atoms with van der Waals surface area (Å²) in [6.45, 7) is 0.412. The minimum absolute atomic E-state index is 0.0184. The molecule has 0 aliphatic rings. The number of carbonyl (C=O) groups is 1. The molecule has 1 aromatic heterocycles. The Labute approximate surface area is 142 Å². The first-order valence-corrected chi connectivity index (χ1v) is 7.47. The van der Waals surface area contributed by atoms with Gasteiger partial charge in [-0.2, -0.15) is 5.10 Å². The second-order valence-electron chi connectivity index (χ2n) is 5.12. The molecule has 3 rings (SSSR count). The van der Waals surface area contributed by atoms with Gasteiger partial charge in [-0.1, -0.05) is 23.7 Å². The van der Waals surface area contributed by atoms with Gasteiger partial charge in [0.25, 0.3) is 0 Å². The molecule has 7 heteroatoms. The molecule has 5 nitrogen and oxygen atoms in total. The van der Waals surface area contributed by atoms with E-state index in [2.05, 4.69) is 5.10 Å². The van der Waals surface area contributed by atoms with E-state index in [0.29, 0.717) is 17.4 Å². The van der Waals surface area contributed by atoms with Crippen molar-refractivity contribution in [1.82, 2.24) is 9.78 Å². The molecule has 0 saturated heterocycles. The quantitative estimate of drug-likeness (QED) is 0.675. The fourth-order valence-corrected chi connectivity index (χ4v) is 2.73. The van der Waals surface area contributed by atoms with Gasteiger partial charge < -0.3 is 9.47 Å². The molecule has 0 radical (unpaired) electrons. The smallest absolute Gasteiger partial charge is 0.340 e. The summed E-state index contributed by atoms with van der Waals surface area (Å²) in [5, 5.41) is 4.43. The lowest BCUT2D eigenvalue weighted by Crippen LogP contribution is -2.06. The van der Waals surface area contributed by atoms with Crippen molar-refractivity contribution in [2.75, 3.05) is 14.2 Å². The van der Waals surface area contributed by atoms with Crippen LogP contribution in [0.2, 0.25) is 5.02 Å². The third-order valence-electron chi connectivity index (χ3n) is 3.72. The maximum absolute atomic E-state index is 14.1. The van der Waals surface area contributed by atoms with Crippen molar-refractivity contribution in [1.29, 1.82) is 0 Å². The molecule has 0 aliphatic carbocycles. The van der Waals surface area contributed by atoms with E-state index in [1.54, 1.807) is 11.8 Å². The summed E-state index contributed by atoms with van der Waals surface area (Å²) in [6, 6.07) is 8.71. The molecule has 3 aromatic rings.